The molecule has 138 valence electrons. The molecule has 0 bridgehead atoms. The predicted molar refractivity (Wildman–Crippen MR) is 90.6 cm³/mol. The highest BCUT2D eigenvalue weighted by Gasteiger charge is 2.45. The van der Waals surface area contributed by atoms with Gasteiger partial charge < -0.3 is 19.7 Å². The van der Waals surface area contributed by atoms with Crippen molar-refractivity contribution in [1.82, 2.24) is 15.1 Å². The van der Waals surface area contributed by atoms with Crippen LogP contribution < -0.4 is 5.32 Å². The van der Waals surface area contributed by atoms with E-state index in [1.807, 2.05) is 11.9 Å². The van der Waals surface area contributed by atoms with Crippen molar-refractivity contribution in [3.63, 3.8) is 0 Å². The van der Waals surface area contributed by atoms with Crippen LogP contribution in [-0.2, 0) is 19.1 Å². The first-order valence-corrected chi connectivity index (χ1v) is 8.80. The second-order valence-corrected chi connectivity index (χ2v) is 7.06. The Morgan fingerprint density at radius 2 is 2.12 bits per heavy atom. The SMILES string of the molecule is COCCNC(=O)[C@@H]1CN(C(=O)CN(C)C(C)C)C[C@H]2OCC[C@H]21. The third-order valence-corrected chi connectivity index (χ3v) is 5.16. The molecule has 0 spiro atoms. The number of hydrogen-bond acceptors (Lipinski definition) is 5. The Labute approximate surface area is 144 Å². The molecule has 0 aromatic carbocycles. The minimum atomic E-state index is -0.198. The number of methoxy groups -OCH3 is 1. The van der Waals surface area contributed by atoms with Gasteiger partial charge in [-0.1, -0.05) is 0 Å². The highest BCUT2D eigenvalue weighted by molar-refractivity contribution is 5.82. The molecule has 7 heteroatoms. The summed E-state index contributed by atoms with van der Waals surface area (Å²) in [7, 11) is 3.55. The molecule has 0 aromatic rings. The van der Waals surface area contributed by atoms with Gasteiger partial charge in [0.1, 0.15) is 0 Å². The number of ether oxygens (including phenoxy) is 2. The number of nitrogens with one attached hydrogen (secondary N) is 1. The number of amides is 2. The van der Waals surface area contributed by atoms with Crippen molar-refractivity contribution in [3.8, 4) is 0 Å². The summed E-state index contributed by atoms with van der Waals surface area (Å²) in [6.45, 7) is 7.22. The monoisotopic (exact) mass is 341 g/mol. The first-order valence-electron chi connectivity index (χ1n) is 8.80. The van der Waals surface area contributed by atoms with E-state index < -0.39 is 0 Å². The van der Waals surface area contributed by atoms with Gasteiger partial charge >= 0.3 is 0 Å². The highest BCUT2D eigenvalue weighted by Crippen LogP contribution is 2.34. The van der Waals surface area contributed by atoms with Crippen LogP contribution in [0.1, 0.15) is 20.3 Å². The van der Waals surface area contributed by atoms with Gasteiger partial charge in [0.2, 0.25) is 11.8 Å². The molecule has 7 nitrogen and oxygen atoms in total. The van der Waals surface area contributed by atoms with Crippen LogP contribution in [0.25, 0.3) is 0 Å². The predicted octanol–water partition coefficient (Wildman–Crippen LogP) is -0.0473. The largest absolute Gasteiger partial charge is 0.383 e. The van der Waals surface area contributed by atoms with Gasteiger partial charge in [-0.15, -0.1) is 0 Å². The van der Waals surface area contributed by atoms with Gasteiger partial charge in [0.25, 0.3) is 0 Å². The molecule has 2 saturated heterocycles. The van der Waals surface area contributed by atoms with Crippen molar-refractivity contribution in [3.05, 3.63) is 0 Å². The van der Waals surface area contributed by atoms with Crippen LogP contribution in [0.5, 0.6) is 0 Å². The van der Waals surface area contributed by atoms with Crippen LogP contribution in [0, 0.1) is 11.8 Å². The first-order chi connectivity index (χ1) is 11.4. The number of rotatable bonds is 7. The smallest absolute Gasteiger partial charge is 0.236 e. The number of carbonyl (C=O) groups is 2. The number of likely N-dealkylation sites (tertiary alicyclic amines) is 1. The molecular formula is C17H31N3O4. The second kappa shape index (κ2) is 8.78. The van der Waals surface area contributed by atoms with Crippen molar-refractivity contribution in [2.75, 3.05) is 53.6 Å². The molecule has 2 fully saturated rings. The molecule has 0 unspecified atom stereocenters. The van der Waals surface area contributed by atoms with Crippen LogP contribution in [0.3, 0.4) is 0 Å². The van der Waals surface area contributed by atoms with Crippen molar-refractivity contribution in [1.29, 1.82) is 0 Å². The minimum absolute atomic E-state index is 0.00210. The number of nitrogens with zero attached hydrogens (tertiary/aromatic N) is 2. The average molecular weight is 341 g/mol. The fourth-order valence-electron chi connectivity index (χ4n) is 3.36. The maximum Gasteiger partial charge on any atom is 0.236 e. The molecule has 2 rings (SSSR count). The van der Waals surface area contributed by atoms with E-state index in [1.54, 1.807) is 12.0 Å². The third kappa shape index (κ3) is 4.68. The zero-order valence-electron chi connectivity index (χ0n) is 15.3. The van der Waals surface area contributed by atoms with Crippen molar-refractivity contribution in [2.24, 2.45) is 11.8 Å². The number of carbonyl (C=O) groups excluding carboxylic acids is 2. The Bertz CT molecular complexity index is 444. The van der Waals surface area contributed by atoms with Gasteiger partial charge in [-0.25, -0.2) is 0 Å². The summed E-state index contributed by atoms with van der Waals surface area (Å²) in [4.78, 5) is 29.0. The molecular weight excluding hydrogens is 310 g/mol. The third-order valence-electron chi connectivity index (χ3n) is 5.16. The van der Waals surface area contributed by atoms with Gasteiger partial charge in [0.15, 0.2) is 0 Å². The van der Waals surface area contributed by atoms with E-state index in [-0.39, 0.29) is 29.8 Å². The molecule has 0 saturated carbocycles. The van der Waals surface area contributed by atoms with Gasteiger partial charge in [-0.05, 0) is 27.3 Å². The highest BCUT2D eigenvalue weighted by atomic mass is 16.5. The first kappa shape index (κ1) is 19.1. The fourth-order valence-corrected chi connectivity index (χ4v) is 3.36. The van der Waals surface area contributed by atoms with E-state index in [1.165, 1.54) is 0 Å². The van der Waals surface area contributed by atoms with Crippen LogP contribution in [0.2, 0.25) is 0 Å². The fraction of sp³-hybridized carbons (Fsp3) is 0.882. The molecule has 2 heterocycles. The standard InChI is InChI=1S/C17H31N3O4/c1-12(2)19(3)11-16(21)20-9-14(17(22)18-6-8-23-4)13-5-7-24-15(13)10-20/h12-15H,5-11H2,1-4H3,(H,18,22)/t13-,14+,15+/m0/s1. The van der Waals surface area contributed by atoms with Crippen molar-refractivity contribution in [2.45, 2.75) is 32.4 Å². The lowest BCUT2D eigenvalue weighted by Gasteiger charge is -2.40. The van der Waals surface area contributed by atoms with Gasteiger partial charge in [0, 0.05) is 45.3 Å². The topological polar surface area (TPSA) is 71.1 Å². The molecule has 0 radical (unpaired) electrons. The molecule has 2 aliphatic rings. The summed E-state index contributed by atoms with van der Waals surface area (Å²) in [5.74, 6) is 0.0768. The van der Waals surface area contributed by atoms with Crippen LogP contribution in [0.4, 0.5) is 0 Å². The Morgan fingerprint density at radius 1 is 1.38 bits per heavy atom. The summed E-state index contributed by atoms with van der Waals surface area (Å²) >= 11 is 0. The summed E-state index contributed by atoms with van der Waals surface area (Å²) in [5.41, 5.74) is 0. The average Bonchev–Trinajstić information content (AvgIpc) is 3.02. The molecule has 2 amide bonds. The van der Waals surface area contributed by atoms with Gasteiger partial charge in [-0.3, -0.25) is 14.5 Å². The lowest BCUT2D eigenvalue weighted by molar-refractivity contribution is -0.142. The maximum absolute atomic E-state index is 12.6. The van der Waals surface area contributed by atoms with E-state index in [9.17, 15) is 9.59 Å². The summed E-state index contributed by atoms with van der Waals surface area (Å²) < 4.78 is 10.8. The van der Waals surface area contributed by atoms with Crippen LogP contribution in [0.15, 0.2) is 0 Å². The Morgan fingerprint density at radius 3 is 2.79 bits per heavy atom. The van der Waals surface area contributed by atoms with E-state index in [0.717, 1.165) is 6.42 Å². The molecule has 0 aliphatic carbocycles. The van der Waals surface area contributed by atoms with E-state index in [2.05, 4.69) is 19.2 Å². The number of fused-ring (bicyclic) bond motifs is 1. The second-order valence-electron chi connectivity index (χ2n) is 7.06. The summed E-state index contributed by atoms with van der Waals surface area (Å²) in [6.07, 6.45) is 0.867. The number of piperidine rings is 1. The number of hydrogen-bond donors (Lipinski definition) is 1. The lowest BCUT2D eigenvalue weighted by Crippen LogP contribution is -2.56. The molecule has 0 aromatic heterocycles. The minimum Gasteiger partial charge on any atom is -0.383 e. The summed E-state index contributed by atoms with van der Waals surface area (Å²) in [5, 5.41) is 2.92. The van der Waals surface area contributed by atoms with E-state index >= 15 is 0 Å². The zero-order chi connectivity index (χ0) is 17.7. The van der Waals surface area contributed by atoms with Gasteiger partial charge in [-0.2, -0.15) is 0 Å². The van der Waals surface area contributed by atoms with Crippen molar-refractivity contribution >= 4 is 11.8 Å². The summed E-state index contributed by atoms with van der Waals surface area (Å²) in [6, 6.07) is 0.308. The maximum atomic E-state index is 12.6. The molecule has 24 heavy (non-hydrogen) atoms. The van der Waals surface area contributed by atoms with Crippen molar-refractivity contribution < 1.29 is 19.1 Å². The Kier molecular flexibility index (Phi) is 7.01. The quantitative estimate of drug-likeness (QED) is 0.658. The van der Waals surface area contributed by atoms with E-state index in [0.29, 0.717) is 45.4 Å². The van der Waals surface area contributed by atoms with Gasteiger partial charge in [0.05, 0.1) is 25.2 Å². The number of likely N-dealkylation sites (N-methyl/N-ethyl adjacent to an activating group) is 1. The van der Waals surface area contributed by atoms with Crippen LogP contribution >= 0.6 is 0 Å². The lowest BCUT2D eigenvalue weighted by atomic mass is 9.82. The Balaban J connectivity index is 1.99. The normalized spacial score (nSPS) is 26.8. The van der Waals surface area contributed by atoms with Crippen LogP contribution in [-0.4, -0.2) is 87.3 Å². The molecule has 3 atom stereocenters. The zero-order valence-corrected chi connectivity index (χ0v) is 15.3. The molecule has 1 N–H and O–H groups in total. The van der Waals surface area contributed by atoms with E-state index in [4.69, 9.17) is 9.47 Å². The Hall–Kier alpha value is -1.18. The molecule has 2 aliphatic heterocycles.